The molecule has 0 spiro atoms. The van der Waals surface area contributed by atoms with Gasteiger partial charge in [0.25, 0.3) is 0 Å². The summed E-state index contributed by atoms with van der Waals surface area (Å²) in [6, 6.07) is 13.7. The smallest absolute Gasteiger partial charge is 0.351 e. The lowest BCUT2D eigenvalue weighted by Gasteiger charge is -2.47. The number of rotatable bonds is 9. The van der Waals surface area contributed by atoms with Crippen LogP contribution in [-0.2, 0) is 15.1 Å². The van der Waals surface area contributed by atoms with Crippen LogP contribution in [0.2, 0.25) is 0 Å². The van der Waals surface area contributed by atoms with E-state index in [1.54, 1.807) is 6.92 Å². The van der Waals surface area contributed by atoms with Gasteiger partial charge in [-0.25, -0.2) is 9.78 Å². The van der Waals surface area contributed by atoms with Crippen molar-refractivity contribution in [1.29, 1.82) is 0 Å². The first-order chi connectivity index (χ1) is 17.2. The van der Waals surface area contributed by atoms with E-state index < -0.39 is 17.2 Å². The van der Waals surface area contributed by atoms with Gasteiger partial charge in [0.1, 0.15) is 0 Å². The van der Waals surface area contributed by atoms with E-state index in [9.17, 15) is 9.90 Å². The van der Waals surface area contributed by atoms with Crippen molar-refractivity contribution in [1.82, 2.24) is 9.97 Å². The molecule has 2 atom stereocenters. The van der Waals surface area contributed by atoms with Crippen LogP contribution in [-0.4, -0.2) is 32.7 Å². The Hall–Kier alpha value is -3.25. The molecule has 1 unspecified atom stereocenters. The molecular formula is C31H178N2O4. The number of carboxylic acid groups (broad SMARTS) is 1. The number of benzene rings is 2. The summed E-state index contributed by atoms with van der Waals surface area (Å²) in [7, 11) is 0. The van der Waals surface area contributed by atoms with Crippen molar-refractivity contribution < 1.29 is 118 Å². The lowest BCUT2D eigenvalue weighted by Crippen LogP contribution is -2.62. The van der Waals surface area contributed by atoms with Crippen LogP contribution in [0.15, 0.2) is 42.5 Å². The Morgan fingerprint density at radius 1 is 0.919 bits per heavy atom. The van der Waals surface area contributed by atoms with Gasteiger partial charge in [0.2, 0.25) is 5.60 Å². The molecule has 0 aliphatic rings. The van der Waals surface area contributed by atoms with Gasteiger partial charge in [-0.3, -0.25) is 0 Å². The third-order valence-corrected chi connectivity index (χ3v) is 7.13. The molecule has 0 amide bonds. The van der Waals surface area contributed by atoms with Crippen molar-refractivity contribution in [3.05, 3.63) is 87.2 Å². The number of ether oxygens (including phenoxy) is 2. The highest BCUT2D eigenvalue weighted by Gasteiger charge is 2.61. The summed E-state index contributed by atoms with van der Waals surface area (Å²) in [6.07, 6.45) is -0.326. The molecule has 1 heterocycles. The molecule has 1 aromatic heterocycles. The minimum atomic E-state index is -1.93. The van der Waals surface area contributed by atoms with Gasteiger partial charge < -0.3 is 14.6 Å². The zero-order chi connectivity index (χ0) is 27.7. The number of carboxylic acids is 1. The van der Waals surface area contributed by atoms with Gasteiger partial charge in [0.05, 0.1) is 11.8 Å². The van der Waals surface area contributed by atoms with Crippen molar-refractivity contribution in [3.63, 3.8) is 0 Å². The van der Waals surface area contributed by atoms with Crippen molar-refractivity contribution in [2.45, 2.75) is 92.5 Å². The molecule has 3 rings (SSSR count). The fraction of sp³-hybridized carbons (Fsp3) is 0.452. The summed E-state index contributed by atoms with van der Waals surface area (Å²) in [6.45, 7) is 19.3. The monoisotopic (exact) mass is 643 g/mol. The van der Waals surface area contributed by atoms with Gasteiger partial charge >= 0.3 is 12.0 Å². The topological polar surface area (TPSA) is 81.5 Å². The Morgan fingerprint density at radius 2 is 1.59 bits per heavy atom. The first-order valence-electron chi connectivity index (χ1n) is 12.8. The molecule has 0 fully saturated rings. The fourth-order valence-electron chi connectivity index (χ4n) is 4.73. The van der Waals surface area contributed by atoms with E-state index in [4.69, 9.17) is 9.47 Å². The largest absolute Gasteiger partial charge is 0.478 e. The number of aliphatic carboxylic acids is 1. The molecule has 3 aromatic rings. The summed E-state index contributed by atoms with van der Waals surface area (Å²) < 4.78 is 13.2. The van der Waals surface area contributed by atoms with Gasteiger partial charge in [0.15, 0.2) is 5.60 Å². The molecule has 336 valence electrons. The summed E-state index contributed by atoms with van der Waals surface area (Å²) in [4.78, 5) is 22.5. The number of hydrogen-bond donors (Lipinski definition) is 1. The van der Waals surface area contributed by atoms with E-state index in [2.05, 4.69) is 9.97 Å². The van der Waals surface area contributed by atoms with Crippen LogP contribution in [0.4, 0.5) is 0 Å². The Kier molecular flexibility index (Phi) is 8.13. The van der Waals surface area contributed by atoms with Crippen molar-refractivity contribution >= 4 is 5.97 Å². The summed E-state index contributed by atoms with van der Waals surface area (Å²) in [5, 5.41) is 10.9. The van der Waals surface area contributed by atoms with Crippen LogP contribution in [0.25, 0.3) is 0 Å². The third kappa shape index (κ3) is 5.26. The molecule has 0 aliphatic heterocycles. The summed E-state index contributed by atoms with van der Waals surface area (Å²) in [5.74, 6) is -1.06. The molecule has 2 aromatic carbocycles. The molecule has 0 radical (unpaired) electrons. The van der Waals surface area contributed by atoms with Gasteiger partial charge in [-0.15, -0.1) is 0 Å². The zero-order valence-electron chi connectivity index (χ0n) is 23.8. The second-order valence-electron chi connectivity index (χ2n) is 10.7. The second kappa shape index (κ2) is 10.6. The van der Waals surface area contributed by atoms with Crippen molar-refractivity contribution in [2.24, 2.45) is 0 Å². The molecule has 0 saturated carbocycles. The van der Waals surface area contributed by atoms with E-state index in [1.165, 1.54) is 0 Å². The van der Waals surface area contributed by atoms with E-state index >= 15 is 0 Å². The summed E-state index contributed by atoms with van der Waals surface area (Å²) in [5.41, 5.74) is 3.55. The maximum Gasteiger partial charge on any atom is 0.351 e. The van der Waals surface area contributed by atoms with Crippen molar-refractivity contribution in [2.75, 3.05) is 0 Å². The lowest BCUT2D eigenvalue weighted by atomic mass is 9.70. The maximum absolute atomic E-state index is 13.4. The van der Waals surface area contributed by atoms with E-state index in [1.807, 2.05) is 105 Å². The van der Waals surface area contributed by atoms with Crippen LogP contribution < -0.4 is 4.74 Å². The highest BCUT2D eigenvalue weighted by molar-refractivity contribution is 5.81. The van der Waals surface area contributed by atoms with Gasteiger partial charge in [-0.05, 0) is 101 Å². The van der Waals surface area contributed by atoms with Gasteiger partial charge in [-0.1, -0.05) is 50.2 Å². The quantitative estimate of drug-likeness (QED) is 0.250. The molecule has 0 saturated heterocycles. The average molecular weight is 644 g/mol. The first-order valence-corrected chi connectivity index (χ1v) is 12.8. The number of aromatic nitrogens is 2. The van der Waals surface area contributed by atoms with Crippen LogP contribution in [0, 0.1) is 34.6 Å². The minimum absolute atomic E-state index is 0. The van der Waals surface area contributed by atoms with Crippen molar-refractivity contribution in [3.8, 4) is 6.01 Å². The predicted octanol–water partition coefficient (Wildman–Crippen LogP) is 23.7. The maximum atomic E-state index is 13.4. The van der Waals surface area contributed by atoms with E-state index in [0.717, 1.165) is 33.5 Å². The highest BCUT2D eigenvalue weighted by atomic mass is 16.6. The van der Waals surface area contributed by atoms with E-state index in [0.29, 0.717) is 11.3 Å². The van der Waals surface area contributed by atoms with Gasteiger partial charge in [-0.2, -0.15) is 4.98 Å². The molecule has 0 bridgehead atoms. The second-order valence-corrected chi connectivity index (χ2v) is 10.7. The van der Waals surface area contributed by atoms with E-state index in [-0.39, 0.29) is 116 Å². The molecule has 37 heavy (non-hydrogen) atoms. The number of aryl methyl sites for hydroxylation is 4. The third-order valence-electron chi connectivity index (χ3n) is 7.13. The fourth-order valence-corrected chi connectivity index (χ4v) is 4.73. The molecule has 1 N–H and O–H groups in total. The standard InChI is InChI=1S/C31H40N2O4.69H2/c1-18(2)27-17-23(8)32-29(33-27)37-30(10,28(34)35)31(36-19(3)4,25-15-14-20(5)22(7)16-25)26-13-11-12-21(6)24(26)9;;;;;;;;;;;;;;;;;;;;;;;;;;;;;;;;;;;;;;;;;;;;;;;;;;;;;;;;;;;;;;;;;;;;;/h11-19H,1-10H3,(H,34,35);69*1H/t30-,31?;;;;;;;;;;;;;;;;;;;;;;;;;;;;;;;;;;;;;;;;;;;;;;;;;;;;;;;;;;;;;;;;;;;;;/m1...................................................................../s1. The average Bonchev–Trinajstić information content (AvgIpc) is 2.80. The number of hydrogen-bond acceptors (Lipinski definition) is 5. The van der Waals surface area contributed by atoms with Crippen LogP contribution in [0.3, 0.4) is 0 Å². The molecule has 6 heteroatoms. The van der Waals surface area contributed by atoms with Crippen LogP contribution >= 0.6 is 0 Å². The van der Waals surface area contributed by atoms with Gasteiger partial charge in [0, 0.05) is 104 Å². The SMILES string of the molecule is Cc1cc(C(C)C)nc(O[C@](C)(C(=O)O)C(OC(C)C)(c2ccc(C)c(C)c2)c2cccc(C)c2C)n1.[HH].[HH].[HH].[HH].[HH].[HH].[HH].[HH].[HH].[HH].[HH].[HH].[HH].[HH].[HH].[HH].[HH].[HH].[HH].[HH].[HH].[HH].[HH].[HH].[HH].[HH].[HH].[HH].[HH].[HH].[HH].[HH].[HH].[HH].[HH].[HH].[HH].[HH].[HH].[HH].[HH].[HH].[HH].[HH].[HH].[HH].[HH].[HH].[HH].[HH].[HH].[HH].[HH].[HH].[HH].[HH].[HH].[HH].[HH].[HH].[HH].[HH].[HH].[HH].[HH].[HH].[HH].[HH].[HH]. The predicted molar refractivity (Wildman–Crippen MR) is 292 cm³/mol. The summed E-state index contributed by atoms with van der Waals surface area (Å²) >= 11 is 0. The Bertz CT molecular complexity index is 1400. The molecule has 0 aliphatic carbocycles. The van der Waals surface area contributed by atoms with Crippen LogP contribution in [0.1, 0.15) is 184 Å². The normalized spacial score (nSPS) is 14.9. The number of nitrogens with zero attached hydrogens (tertiary/aromatic N) is 2. The Balaban J connectivity index is -0.00000000339. The first kappa shape index (κ1) is 28.3. The molecular weight excluding hydrogens is 464 g/mol. The minimum Gasteiger partial charge on any atom is -0.478 e. The lowest BCUT2D eigenvalue weighted by molar-refractivity contribution is -0.196. The Morgan fingerprint density at radius 3 is 2.16 bits per heavy atom. The number of carbonyl (C=O) groups is 1. The van der Waals surface area contributed by atoms with Crippen LogP contribution in [0.5, 0.6) is 6.01 Å². The highest BCUT2D eigenvalue weighted by Crippen LogP contribution is 2.48. The zero-order valence-corrected chi connectivity index (χ0v) is 23.8. The molecule has 6 nitrogen and oxygen atoms in total. The Labute approximate surface area is 323 Å².